The Morgan fingerprint density at radius 3 is 2.68 bits per heavy atom. The van der Waals surface area contributed by atoms with Crippen LogP contribution in [0.15, 0.2) is 16.5 Å². The number of hydrogen-bond donors (Lipinski definition) is 1. The molecule has 0 saturated carbocycles. The number of likely N-dealkylation sites (N-methyl/N-ethyl adjacent to an activating group) is 2. The molecular formula is C14H23N3O2. The van der Waals surface area contributed by atoms with Crippen molar-refractivity contribution < 1.29 is 9.21 Å². The Labute approximate surface area is 114 Å². The molecule has 5 nitrogen and oxygen atoms in total. The van der Waals surface area contributed by atoms with Gasteiger partial charge in [-0.25, -0.2) is 0 Å². The first kappa shape index (κ1) is 14.1. The van der Waals surface area contributed by atoms with Crippen molar-refractivity contribution in [2.75, 3.05) is 33.2 Å². The average Bonchev–Trinajstić information content (AvgIpc) is 2.71. The van der Waals surface area contributed by atoms with Gasteiger partial charge in [-0.15, -0.1) is 0 Å². The number of amides is 1. The second kappa shape index (κ2) is 6.21. The molecule has 2 rings (SSSR count). The zero-order valence-electron chi connectivity index (χ0n) is 12.0. The molecule has 5 heteroatoms. The maximum absolute atomic E-state index is 12.2. The number of furan rings is 1. The summed E-state index contributed by atoms with van der Waals surface area (Å²) in [6, 6.07) is 4.35. The highest BCUT2D eigenvalue weighted by Gasteiger charge is 2.25. The normalized spacial score (nSPS) is 15.6. The van der Waals surface area contributed by atoms with Crippen LogP contribution in [0.2, 0.25) is 0 Å². The zero-order chi connectivity index (χ0) is 13.8. The molecule has 1 aromatic heterocycles. The molecule has 1 aromatic rings. The van der Waals surface area contributed by atoms with E-state index in [1.54, 1.807) is 4.90 Å². The van der Waals surface area contributed by atoms with Gasteiger partial charge in [-0.05, 0) is 25.6 Å². The summed E-state index contributed by atoms with van der Waals surface area (Å²) in [5, 5.41) is 3.24. The molecule has 0 aromatic carbocycles. The molecule has 1 aliphatic rings. The predicted octanol–water partition coefficient (Wildman–Crippen LogP) is 0.840. The minimum atomic E-state index is 0.141. The van der Waals surface area contributed by atoms with Crippen molar-refractivity contribution >= 4 is 5.91 Å². The Balaban J connectivity index is 1.84. The molecule has 19 heavy (non-hydrogen) atoms. The van der Waals surface area contributed by atoms with Crippen LogP contribution in [0.5, 0.6) is 0 Å². The van der Waals surface area contributed by atoms with Gasteiger partial charge in [0.2, 0.25) is 5.91 Å². The molecule has 0 aliphatic carbocycles. The van der Waals surface area contributed by atoms with Crippen molar-refractivity contribution in [1.29, 1.82) is 0 Å². The Kier molecular flexibility index (Phi) is 4.61. The molecular weight excluding hydrogens is 242 g/mol. The van der Waals surface area contributed by atoms with Crippen LogP contribution in [-0.4, -0.2) is 55.0 Å². The lowest BCUT2D eigenvalue weighted by molar-refractivity contribution is -0.132. The first-order valence-corrected chi connectivity index (χ1v) is 6.84. The highest BCUT2D eigenvalue weighted by atomic mass is 16.3. The second-order valence-electron chi connectivity index (χ2n) is 5.14. The van der Waals surface area contributed by atoms with E-state index >= 15 is 0 Å². The summed E-state index contributed by atoms with van der Waals surface area (Å²) in [7, 11) is 1.83. The van der Waals surface area contributed by atoms with Gasteiger partial charge in [0.05, 0.1) is 13.1 Å². The van der Waals surface area contributed by atoms with Gasteiger partial charge in [-0.1, -0.05) is 6.92 Å². The van der Waals surface area contributed by atoms with Crippen molar-refractivity contribution in [1.82, 2.24) is 15.1 Å². The highest BCUT2D eigenvalue weighted by molar-refractivity contribution is 5.78. The number of carbonyl (C=O) groups excluding carboxylic acids is 1. The number of carbonyl (C=O) groups is 1. The highest BCUT2D eigenvalue weighted by Crippen LogP contribution is 2.10. The second-order valence-corrected chi connectivity index (χ2v) is 5.14. The molecule has 106 valence electrons. The summed E-state index contributed by atoms with van der Waals surface area (Å²) in [6.45, 7) is 7.91. The maximum Gasteiger partial charge on any atom is 0.236 e. The third-order valence-corrected chi connectivity index (χ3v) is 3.64. The summed E-state index contributed by atoms with van der Waals surface area (Å²) in [5.74, 6) is 1.86. The van der Waals surface area contributed by atoms with Gasteiger partial charge in [0.1, 0.15) is 11.5 Å². The summed E-state index contributed by atoms with van der Waals surface area (Å²) < 4.78 is 5.50. The van der Waals surface area contributed by atoms with E-state index in [0.29, 0.717) is 19.1 Å². The third kappa shape index (κ3) is 3.58. The van der Waals surface area contributed by atoms with Crippen LogP contribution in [0, 0.1) is 6.92 Å². The van der Waals surface area contributed by atoms with Crippen LogP contribution in [0.4, 0.5) is 0 Å². The topological polar surface area (TPSA) is 48.7 Å². The van der Waals surface area contributed by atoms with Crippen LogP contribution in [0.3, 0.4) is 0 Å². The summed E-state index contributed by atoms with van der Waals surface area (Å²) in [5.41, 5.74) is 0. The molecule has 0 unspecified atom stereocenters. The van der Waals surface area contributed by atoms with Gasteiger partial charge in [-0.2, -0.15) is 0 Å². The van der Waals surface area contributed by atoms with E-state index in [9.17, 15) is 4.79 Å². The van der Waals surface area contributed by atoms with E-state index < -0.39 is 0 Å². The molecule has 0 spiro atoms. The molecule has 1 N–H and O–H groups in total. The lowest BCUT2D eigenvalue weighted by Gasteiger charge is -2.37. The van der Waals surface area contributed by atoms with Gasteiger partial charge < -0.3 is 14.6 Å². The minimum absolute atomic E-state index is 0.141. The lowest BCUT2D eigenvalue weighted by Crippen LogP contribution is -2.58. The largest absolute Gasteiger partial charge is 0.464 e. The van der Waals surface area contributed by atoms with Crippen molar-refractivity contribution in [3.05, 3.63) is 23.7 Å². The first-order valence-electron chi connectivity index (χ1n) is 6.84. The molecule has 1 aliphatic heterocycles. The Bertz CT molecular complexity index is 426. The Morgan fingerprint density at radius 1 is 1.47 bits per heavy atom. The fraction of sp³-hybridized carbons (Fsp3) is 0.643. The van der Waals surface area contributed by atoms with Crippen LogP contribution < -0.4 is 5.32 Å². The molecule has 0 atom stereocenters. The van der Waals surface area contributed by atoms with E-state index in [4.69, 9.17) is 4.42 Å². The quantitative estimate of drug-likeness (QED) is 0.828. The van der Waals surface area contributed by atoms with Crippen molar-refractivity contribution in [2.45, 2.75) is 26.4 Å². The number of nitrogens with zero attached hydrogens (tertiary/aromatic N) is 2. The number of hydrogen-bond acceptors (Lipinski definition) is 4. The molecule has 0 radical (unpaired) electrons. The van der Waals surface area contributed by atoms with Gasteiger partial charge >= 0.3 is 0 Å². The molecule has 1 amide bonds. The number of aryl methyl sites for hydroxylation is 1. The number of rotatable bonds is 6. The smallest absolute Gasteiger partial charge is 0.236 e. The molecule has 1 fully saturated rings. The van der Waals surface area contributed by atoms with Gasteiger partial charge in [0.15, 0.2) is 0 Å². The van der Waals surface area contributed by atoms with E-state index in [0.717, 1.165) is 31.2 Å². The third-order valence-electron chi connectivity index (χ3n) is 3.64. The number of nitrogens with one attached hydrogen (secondary N) is 1. The minimum Gasteiger partial charge on any atom is -0.464 e. The zero-order valence-corrected chi connectivity index (χ0v) is 12.0. The fourth-order valence-corrected chi connectivity index (χ4v) is 2.22. The lowest BCUT2D eigenvalue weighted by atomic mass is 10.1. The molecule has 0 bridgehead atoms. The Hall–Kier alpha value is -1.33. The van der Waals surface area contributed by atoms with Crippen LogP contribution in [0.25, 0.3) is 0 Å². The van der Waals surface area contributed by atoms with Crippen LogP contribution in [-0.2, 0) is 11.3 Å². The predicted molar refractivity (Wildman–Crippen MR) is 73.8 cm³/mol. The van der Waals surface area contributed by atoms with Gasteiger partial charge in [0.25, 0.3) is 0 Å². The summed E-state index contributed by atoms with van der Waals surface area (Å²) in [6.07, 6.45) is 0. The van der Waals surface area contributed by atoms with Crippen molar-refractivity contribution in [3.8, 4) is 0 Å². The maximum atomic E-state index is 12.2. The fourth-order valence-electron chi connectivity index (χ4n) is 2.22. The van der Waals surface area contributed by atoms with Crippen LogP contribution >= 0.6 is 0 Å². The van der Waals surface area contributed by atoms with Gasteiger partial charge in [-0.3, -0.25) is 9.69 Å². The van der Waals surface area contributed by atoms with E-state index in [2.05, 4.69) is 17.1 Å². The van der Waals surface area contributed by atoms with Gasteiger partial charge in [0, 0.05) is 26.2 Å². The van der Waals surface area contributed by atoms with E-state index in [-0.39, 0.29) is 5.91 Å². The van der Waals surface area contributed by atoms with Crippen molar-refractivity contribution in [3.63, 3.8) is 0 Å². The monoisotopic (exact) mass is 265 g/mol. The summed E-state index contributed by atoms with van der Waals surface area (Å²) >= 11 is 0. The molecule has 2 heterocycles. The van der Waals surface area contributed by atoms with Crippen molar-refractivity contribution in [2.24, 2.45) is 0 Å². The van der Waals surface area contributed by atoms with E-state index in [1.165, 1.54) is 0 Å². The summed E-state index contributed by atoms with van der Waals surface area (Å²) in [4.78, 5) is 16.1. The van der Waals surface area contributed by atoms with E-state index in [1.807, 2.05) is 26.1 Å². The first-order chi connectivity index (χ1) is 9.10. The SMILES string of the molecule is CCN(CC(=O)N(C)Cc1ccc(C)o1)C1CNC1. The standard InChI is InChI=1S/C14H23N3O2/c1-4-17(12-7-15-8-12)10-14(18)16(3)9-13-6-5-11(2)19-13/h5-6,12,15H,4,7-10H2,1-3H3. The van der Waals surface area contributed by atoms with Crippen LogP contribution in [0.1, 0.15) is 18.4 Å². The Morgan fingerprint density at radius 2 is 2.21 bits per heavy atom. The average molecular weight is 265 g/mol. The molecule has 1 saturated heterocycles.